The first-order valence-electron chi connectivity index (χ1n) is 12.8. The summed E-state index contributed by atoms with van der Waals surface area (Å²) in [4.78, 5) is 34.2. The van der Waals surface area contributed by atoms with Crippen molar-refractivity contribution in [1.29, 1.82) is 0 Å². The van der Waals surface area contributed by atoms with Gasteiger partial charge >= 0.3 is 5.97 Å². The Balaban J connectivity index is 1.26. The quantitative estimate of drug-likeness (QED) is 0.766. The molecule has 7 nitrogen and oxygen atoms in total. The monoisotopic (exact) mass is 450 g/mol. The van der Waals surface area contributed by atoms with E-state index in [1.165, 1.54) is 38.5 Å². The Bertz CT molecular complexity index is 1090. The van der Waals surface area contributed by atoms with Crippen LogP contribution in [0.4, 0.5) is 5.82 Å². The molecule has 0 amide bonds. The Hall–Kier alpha value is -2.41. The van der Waals surface area contributed by atoms with E-state index in [1.54, 1.807) is 4.90 Å². The van der Waals surface area contributed by atoms with E-state index < -0.39 is 12.0 Å². The van der Waals surface area contributed by atoms with Gasteiger partial charge in [-0.25, -0.2) is 9.78 Å². The highest BCUT2D eigenvalue weighted by Crippen LogP contribution is 2.42. The maximum Gasteiger partial charge on any atom is 0.326 e. The van der Waals surface area contributed by atoms with Crippen LogP contribution < -0.4 is 10.5 Å². The van der Waals surface area contributed by atoms with E-state index >= 15 is 0 Å². The predicted molar refractivity (Wildman–Crippen MR) is 128 cm³/mol. The van der Waals surface area contributed by atoms with Gasteiger partial charge in [-0.05, 0) is 62.5 Å². The van der Waals surface area contributed by atoms with Crippen LogP contribution in [0.15, 0.2) is 29.1 Å². The van der Waals surface area contributed by atoms with Gasteiger partial charge in [0.15, 0.2) is 5.82 Å². The summed E-state index contributed by atoms with van der Waals surface area (Å²) in [6, 6.07) is 8.00. The van der Waals surface area contributed by atoms with Gasteiger partial charge in [0, 0.05) is 31.7 Å². The van der Waals surface area contributed by atoms with E-state index in [1.807, 2.05) is 28.8 Å². The fourth-order valence-corrected chi connectivity index (χ4v) is 7.09. The number of piperidine rings is 1. The zero-order valence-electron chi connectivity index (χ0n) is 19.2. The molecule has 33 heavy (non-hydrogen) atoms. The molecule has 2 aromatic rings. The highest BCUT2D eigenvalue weighted by Gasteiger charge is 2.39. The molecule has 1 N–H and O–H groups in total. The molecule has 2 aliphatic carbocycles. The number of hydrogen-bond acceptors (Lipinski definition) is 5. The van der Waals surface area contributed by atoms with Crippen molar-refractivity contribution in [2.24, 2.45) is 11.8 Å². The number of nitrogens with zero attached hydrogens (tertiary/aromatic N) is 4. The van der Waals surface area contributed by atoms with Crippen LogP contribution in [0, 0.1) is 11.8 Å². The summed E-state index contributed by atoms with van der Waals surface area (Å²) < 4.78 is 1.93. The van der Waals surface area contributed by atoms with Crippen molar-refractivity contribution >= 4 is 22.8 Å². The Morgan fingerprint density at radius 1 is 0.909 bits per heavy atom. The predicted octanol–water partition coefficient (Wildman–Crippen LogP) is 3.67. The topological polar surface area (TPSA) is 78.7 Å². The fraction of sp³-hybridized carbons (Fsp3) is 0.654. The third kappa shape index (κ3) is 3.74. The van der Waals surface area contributed by atoms with Gasteiger partial charge in [-0.2, -0.15) is 0 Å². The molecule has 2 aliphatic heterocycles. The second-order valence-electron chi connectivity index (χ2n) is 10.7. The second kappa shape index (κ2) is 8.42. The maximum atomic E-state index is 13.7. The van der Waals surface area contributed by atoms with Gasteiger partial charge in [0.25, 0.3) is 5.56 Å². The number of carboxylic acids is 1. The number of benzene rings is 1. The Morgan fingerprint density at radius 2 is 1.64 bits per heavy atom. The SMILES string of the molecule is O=C(O)[C@@H]1CCN1c1nc2ccccc2n(C2CCN(C3C[C@H]4CCC[C@@H](C3)C4)CC2)c1=O. The molecule has 4 fully saturated rings. The molecule has 2 bridgehead atoms. The molecular formula is C26H34N4O3. The van der Waals surface area contributed by atoms with Crippen LogP contribution in [0.2, 0.25) is 0 Å². The van der Waals surface area contributed by atoms with Crippen molar-refractivity contribution in [3.8, 4) is 0 Å². The molecular weight excluding hydrogens is 416 g/mol. The first kappa shape index (κ1) is 21.1. The van der Waals surface area contributed by atoms with Crippen molar-refractivity contribution in [2.45, 2.75) is 75.9 Å². The molecule has 4 atom stereocenters. The van der Waals surface area contributed by atoms with E-state index in [9.17, 15) is 14.7 Å². The number of para-hydroxylation sites is 2. The summed E-state index contributed by atoms with van der Waals surface area (Å²) in [5.74, 6) is 1.27. The third-order valence-corrected chi connectivity index (χ3v) is 8.84. The number of aliphatic carboxylic acids is 1. The fourth-order valence-electron chi connectivity index (χ4n) is 7.09. The van der Waals surface area contributed by atoms with Crippen LogP contribution in [-0.4, -0.2) is 57.2 Å². The van der Waals surface area contributed by atoms with Crippen LogP contribution >= 0.6 is 0 Å². The van der Waals surface area contributed by atoms with Gasteiger partial charge in [-0.1, -0.05) is 31.4 Å². The van der Waals surface area contributed by atoms with Crippen molar-refractivity contribution in [1.82, 2.24) is 14.5 Å². The van der Waals surface area contributed by atoms with Crippen molar-refractivity contribution in [2.75, 3.05) is 24.5 Å². The largest absolute Gasteiger partial charge is 0.480 e. The number of carbonyl (C=O) groups is 1. The minimum Gasteiger partial charge on any atom is -0.480 e. The van der Waals surface area contributed by atoms with E-state index in [0.29, 0.717) is 24.8 Å². The summed E-state index contributed by atoms with van der Waals surface area (Å²) in [5, 5.41) is 9.52. The van der Waals surface area contributed by atoms with Gasteiger partial charge in [-0.15, -0.1) is 0 Å². The van der Waals surface area contributed by atoms with Gasteiger partial charge < -0.3 is 19.5 Å². The van der Waals surface area contributed by atoms with Gasteiger partial charge in [0.05, 0.1) is 11.0 Å². The molecule has 0 spiro atoms. The van der Waals surface area contributed by atoms with Crippen LogP contribution in [0.1, 0.15) is 63.8 Å². The summed E-state index contributed by atoms with van der Waals surface area (Å²) in [5.41, 5.74) is 1.50. The normalized spacial score (nSPS) is 30.8. The number of fused-ring (bicyclic) bond motifs is 3. The lowest BCUT2D eigenvalue weighted by atomic mass is 9.70. The van der Waals surface area contributed by atoms with Crippen molar-refractivity contribution in [3.05, 3.63) is 34.6 Å². The highest BCUT2D eigenvalue weighted by molar-refractivity contribution is 5.81. The van der Waals surface area contributed by atoms with E-state index in [-0.39, 0.29) is 11.6 Å². The van der Waals surface area contributed by atoms with Crippen molar-refractivity contribution in [3.63, 3.8) is 0 Å². The summed E-state index contributed by atoms with van der Waals surface area (Å²) in [6.45, 7) is 2.64. The Morgan fingerprint density at radius 3 is 2.30 bits per heavy atom. The lowest BCUT2D eigenvalue weighted by Crippen LogP contribution is -2.55. The number of likely N-dealkylation sites (tertiary alicyclic amines) is 1. The smallest absolute Gasteiger partial charge is 0.326 e. The average Bonchev–Trinajstić information content (AvgIpc) is 2.78. The molecule has 6 rings (SSSR count). The van der Waals surface area contributed by atoms with Crippen LogP contribution in [0.5, 0.6) is 0 Å². The second-order valence-corrected chi connectivity index (χ2v) is 10.7. The molecule has 176 valence electrons. The highest BCUT2D eigenvalue weighted by atomic mass is 16.4. The molecule has 2 saturated carbocycles. The molecule has 1 aromatic carbocycles. The molecule has 2 saturated heterocycles. The molecule has 0 radical (unpaired) electrons. The average molecular weight is 451 g/mol. The van der Waals surface area contributed by atoms with Gasteiger partial charge in [0.1, 0.15) is 6.04 Å². The third-order valence-electron chi connectivity index (χ3n) is 8.84. The first-order chi connectivity index (χ1) is 16.1. The molecule has 4 aliphatic rings. The lowest BCUT2D eigenvalue weighted by molar-refractivity contribution is -0.140. The number of anilines is 1. The van der Waals surface area contributed by atoms with Gasteiger partial charge in [-0.3, -0.25) is 4.79 Å². The maximum absolute atomic E-state index is 13.7. The van der Waals surface area contributed by atoms with Crippen LogP contribution in [0.3, 0.4) is 0 Å². The van der Waals surface area contributed by atoms with Crippen molar-refractivity contribution < 1.29 is 9.90 Å². The minimum atomic E-state index is -0.882. The molecule has 1 unspecified atom stereocenters. The summed E-state index contributed by atoms with van der Waals surface area (Å²) >= 11 is 0. The molecule has 3 heterocycles. The number of aromatic nitrogens is 2. The van der Waals surface area contributed by atoms with E-state index in [4.69, 9.17) is 0 Å². The minimum absolute atomic E-state index is 0.132. The number of rotatable bonds is 4. The van der Waals surface area contributed by atoms with Crippen LogP contribution in [0.25, 0.3) is 11.0 Å². The van der Waals surface area contributed by atoms with E-state index in [0.717, 1.165) is 48.8 Å². The van der Waals surface area contributed by atoms with E-state index in [2.05, 4.69) is 9.88 Å². The lowest BCUT2D eigenvalue weighted by Gasteiger charge is -2.46. The molecule has 1 aromatic heterocycles. The standard InChI is InChI=1S/C26H34N4O3/c31-25-24(29-13-10-23(29)26(32)33)27-21-6-1-2-7-22(21)30(25)19-8-11-28(12-9-19)20-15-17-4-3-5-18(14-17)16-20/h1-2,6-7,17-20,23H,3-5,8-16H2,(H,32,33)/t17-,18+,20?,23-/m0/s1. The zero-order valence-corrected chi connectivity index (χ0v) is 19.2. The molecule has 7 heteroatoms. The number of carboxylic acid groups (broad SMARTS) is 1. The van der Waals surface area contributed by atoms with Gasteiger partial charge in [0.2, 0.25) is 0 Å². The summed E-state index contributed by atoms with van der Waals surface area (Å²) in [6.07, 6.45) is 10.9. The zero-order chi connectivity index (χ0) is 22.5. The summed E-state index contributed by atoms with van der Waals surface area (Å²) in [7, 11) is 0. The Labute approximate surface area is 194 Å². The Kier molecular flexibility index (Phi) is 5.40. The first-order valence-corrected chi connectivity index (χ1v) is 12.8. The van der Waals surface area contributed by atoms with Crippen LogP contribution in [-0.2, 0) is 4.79 Å². The number of hydrogen-bond donors (Lipinski definition) is 1.